The van der Waals surface area contributed by atoms with E-state index in [-0.39, 0.29) is 24.8 Å². The molecule has 1 unspecified atom stereocenters. The minimum Gasteiger partial charge on any atom is -0.179 e. The van der Waals surface area contributed by atoms with Crippen LogP contribution in [0.25, 0.3) is 11.1 Å². The van der Waals surface area contributed by atoms with Gasteiger partial charge in [-0.2, -0.15) is 41.5 Å². The molecular formula is C37H40Cl2Zr. The van der Waals surface area contributed by atoms with Gasteiger partial charge in [-0.1, -0.05) is 72.9 Å². The third kappa shape index (κ3) is 6.75. The second kappa shape index (κ2) is 13.6. The van der Waals surface area contributed by atoms with E-state index in [1.54, 1.807) is 24.8 Å². The molecule has 9 rings (SSSR count). The fraction of sp³-hybridized carbons (Fsp3) is 0.378. The molecule has 40 heavy (non-hydrogen) atoms. The fourth-order valence-corrected chi connectivity index (χ4v) is 8.48. The predicted molar refractivity (Wildman–Crippen MR) is 170 cm³/mol. The number of allylic oxidation sites excluding steroid dienone is 4. The van der Waals surface area contributed by atoms with Gasteiger partial charge >= 0.3 is 70.3 Å². The molecule has 0 aliphatic heterocycles. The van der Waals surface area contributed by atoms with Gasteiger partial charge in [0.1, 0.15) is 0 Å². The van der Waals surface area contributed by atoms with Gasteiger partial charge in [-0.15, -0.1) is 30.4 Å². The molecule has 3 heteroatoms. The third-order valence-corrected chi connectivity index (χ3v) is 10.1. The van der Waals surface area contributed by atoms with Gasteiger partial charge in [0.15, 0.2) is 0 Å². The van der Waals surface area contributed by atoms with Crippen molar-refractivity contribution in [2.24, 2.45) is 29.1 Å². The smallest absolute Gasteiger partial charge is 0.0253 e. The molecule has 4 bridgehead atoms. The van der Waals surface area contributed by atoms with Crippen LogP contribution < -0.4 is 0 Å². The van der Waals surface area contributed by atoms with Crippen LogP contribution in [0.15, 0.2) is 90.5 Å². The van der Waals surface area contributed by atoms with Gasteiger partial charge in [-0.25, -0.2) is 6.08 Å². The SMILES string of the molecule is CC1[C-]=CC(C23CC4CC(CC(C4)C2)C3)=C1.C[C](=[Zr+2])c1ccccc1.Cl.Cl.[c-]1cccc2c1Cc1ccccc1-2. The second-order valence-corrected chi connectivity index (χ2v) is 14.2. The molecule has 0 nitrogen and oxygen atoms in total. The monoisotopic (exact) mass is 644 g/mol. The number of hydrogen-bond donors (Lipinski definition) is 0. The topological polar surface area (TPSA) is 0 Å². The summed E-state index contributed by atoms with van der Waals surface area (Å²) in [5.74, 6) is 3.77. The summed E-state index contributed by atoms with van der Waals surface area (Å²) in [5.41, 5.74) is 9.15. The normalized spacial score (nSPS) is 27.4. The molecule has 0 N–H and O–H groups in total. The van der Waals surface area contributed by atoms with Crippen molar-refractivity contribution in [2.75, 3.05) is 0 Å². The van der Waals surface area contributed by atoms with Crippen molar-refractivity contribution in [3.8, 4) is 11.1 Å². The van der Waals surface area contributed by atoms with E-state index in [4.69, 9.17) is 0 Å². The predicted octanol–water partition coefficient (Wildman–Crippen LogP) is 9.81. The molecule has 4 saturated carbocycles. The van der Waals surface area contributed by atoms with Crippen LogP contribution in [-0.4, -0.2) is 3.21 Å². The first-order chi connectivity index (χ1) is 18.5. The molecule has 0 aromatic heterocycles. The van der Waals surface area contributed by atoms with Gasteiger partial charge < -0.3 is 0 Å². The van der Waals surface area contributed by atoms with Crippen molar-refractivity contribution >= 4 is 28.0 Å². The molecule has 0 heterocycles. The Balaban J connectivity index is 0.000000141. The number of fused-ring (bicyclic) bond motifs is 3. The van der Waals surface area contributed by atoms with E-state index in [9.17, 15) is 0 Å². The Morgan fingerprint density at radius 1 is 0.800 bits per heavy atom. The average molecular weight is 647 g/mol. The molecule has 3 aromatic rings. The van der Waals surface area contributed by atoms with Crippen molar-refractivity contribution in [1.29, 1.82) is 0 Å². The van der Waals surface area contributed by atoms with Gasteiger partial charge in [0.05, 0.1) is 0 Å². The van der Waals surface area contributed by atoms with Crippen LogP contribution in [0.4, 0.5) is 0 Å². The fourth-order valence-electron chi connectivity index (χ4n) is 8.07. The Kier molecular flexibility index (Phi) is 10.7. The first-order valence-corrected chi connectivity index (χ1v) is 15.7. The summed E-state index contributed by atoms with van der Waals surface area (Å²) in [5, 5.41) is 0. The molecule has 4 fully saturated rings. The summed E-state index contributed by atoms with van der Waals surface area (Å²) < 4.78 is 1.46. The van der Waals surface area contributed by atoms with E-state index < -0.39 is 0 Å². The zero-order valence-electron chi connectivity index (χ0n) is 23.7. The minimum atomic E-state index is 0. The zero-order valence-corrected chi connectivity index (χ0v) is 27.7. The maximum absolute atomic E-state index is 3.48. The number of hydrogen-bond acceptors (Lipinski definition) is 0. The van der Waals surface area contributed by atoms with Gasteiger partial charge in [-0.05, 0) is 43.4 Å². The Morgan fingerprint density at radius 3 is 1.98 bits per heavy atom. The van der Waals surface area contributed by atoms with Crippen LogP contribution >= 0.6 is 24.8 Å². The Labute approximate surface area is 268 Å². The zero-order chi connectivity index (χ0) is 26.1. The maximum atomic E-state index is 3.48. The quantitative estimate of drug-likeness (QED) is 0.190. The van der Waals surface area contributed by atoms with Crippen molar-refractivity contribution in [2.45, 2.75) is 58.8 Å². The van der Waals surface area contributed by atoms with E-state index in [0.29, 0.717) is 11.3 Å². The summed E-state index contributed by atoms with van der Waals surface area (Å²) in [6.07, 6.45) is 18.5. The molecule has 0 spiro atoms. The van der Waals surface area contributed by atoms with Gasteiger partial charge in [0.25, 0.3) is 0 Å². The summed E-state index contributed by atoms with van der Waals surface area (Å²) in [4.78, 5) is 0. The number of halogens is 2. The van der Waals surface area contributed by atoms with Crippen molar-refractivity contribution in [3.63, 3.8) is 0 Å². The molecule has 0 saturated heterocycles. The molecule has 6 aliphatic rings. The number of benzene rings is 3. The van der Waals surface area contributed by atoms with Crippen LogP contribution in [0.3, 0.4) is 0 Å². The van der Waals surface area contributed by atoms with Crippen LogP contribution in [0.1, 0.15) is 69.1 Å². The largest absolute Gasteiger partial charge is 0.179 e. The molecular weight excluding hydrogens is 607 g/mol. The Bertz CT molecular complexity index is 1290. The molecule has 1 atom stereocenters. The van der Waals surface area contributed by atoms with Crippen molar-refractivity contribution < 1.29 is 24.2 Å². The number of rotatable bonds is 2. The standard InChI is InChI=1S/C16H21.C13H9.C8H8.2ClH.Zr/c1-11-2-3-15(4-11)16-8-12-5-13(9-16)7-14(6-12)10-16;1-3-7-12-10(5-1)9-11-6-2-4-8-13(11)12;1-2-8-6-4-3-5-7-8;;;/h3-4,11-14H,5-10H2,1H3;1-5,7-8H,9H2;3-7H,1H3;2*1H;/q2*-1;;;;+2. The Hall–Kier alpha value is -1.53. The first kappa shape index (κ1) is 31.4. The van der Waals surface area contributed by atoms with Crippen LogP contribution in [0.2, 0.25) is 0 Å². The molecule has 6 aliphatic carbocycles. The Morgan fingerprint density at radius 2 is 1.40 bits per heavy atom. The van der Waals surface area contributed by atoms with E-state index >= 15 is 0 Å². The third-order valence-electron chi connectivity index (χ3n) is 9.41. The maximum Gasteiger partial charge on any atom is -0.0253 e. The average Bonchev–Trinajstić information content (AvgIpc) is 3.53. The van der Waals surface area contributed by atoms with Crippen LogP contribution in [-0.2, 0) is 30.7 Å². The van der Waals surface area contributed by atoms with Crippen molar-refractivity contribution in [1.82, 2.24) is 0 Å². The van der Waals surface area contributed by atoms with E-state index in [1.807, 2.05) is 12.1 Å². The van der Waals surface area contributed by atoms with Crippen LogP contribution in [0, 0.1) is 41.2 Å². The van der Waals surface area contributed by atoms with E-state index in [1.165, 1.54) is 74.5 Å². The van der Waals surface area contributed by atoms with Crippen LogP contribution in [0.5, 0.6) is 0 Å². The van der Waals surface area contributed by atoms with Gasteiger partial charge in [0, 0.05) is 0 Å². The minimum absolute atomic E-state index is 0. The van der Waals surface area contributed by atoms with Gasteiger partial charge in [-0.3, -0.25) is 6.08 Å². The summed E-state index contributed by atoms with van der Waals surface area (Å²) in [6, 6.07) is 28.6. The molecule has 206 valence electrons. The van der Waals surface area contributed by atoms with E-state index in [0.717, 1.165) is 24.2 Å². The van der Waals surface area contributed by atoms with Gasteiger partial charge in [0.2, 0.25) is 0 Å². The first-order valence-electron chi connectivity index (χ1n) is 14.5. The summed E-state index contributed by atoms with van der Waals surface area (Å²) >= 11 is 1.51. The molecule has 3 aromatic carbocycles. The summed E-state index contributed by atoms with van der Waals surface area (Å²) in [6.45, 7) is 4.43. The second-order valence-electron chi connectivity index (χ2n) is 12.3. The van der Waals surface area contributed by atoms with Crippen molar-refractivity contribution in [3.05, 3.63) is 119 Å². The molecule has 0 radical (unpaired) electrons. The van der Waals surface area contributed by atoms with E-state index in [2.05, 4.69) is 98.8 Å². The summed E-state index contributed by atoms with van der Waals surface area (Å²) in [7, 11) is 0. The molecule has 0 amide bonds.